The van der Waals surface area contributed by atoms with Gasteiger partial charge in [-0.05, 0) is 23.6 Å². The first-order valence-corrected chi connectivity index (χ1v) is 7.54. The zero-order valence-electron chi connectivity index (χ0n) is 12.7. The first kappa shape index (κ1) is 14.3. The summed E-state index contributed by atoms with van der Waals surface area (Å²) in [5, 5.41) is 0. The second-order valence-electron chi connectivity index (χ2n) is 5.30. The average molecular weight is 285 g/mol. The molecule has 108 valence electrons. The smallest absolute Gasteiger partial charge is 0.100 e. The van der Waals surface area contributed by atoms with Crippen LogP contribution in [0.1, 0.15) is 29.7 Å². The predicted octanol–water partition coefficient (Wildman–Crippen LogP) is 5.29. The van der Waals surface area contributed by atoms with Crippen molar-refractivity contribution in [3.63, 3.8) is 0 Å². The number of aliphatic imine (C=N–C) groups is 1. The van der Waals surface area contributed by atoms with E-state index in [4.69, 9.17) is 4.99 Å². The normalized spacial score (nSPS) is 11.6. The SMILES string of the molecule is CC(=NC(c1ccccc1)c1ccccc1)c1ccccc1. The Hall–Kier alpha value is -2.67. The minimum absolute atomic E-state index is 0.0302. The molecule has 3 aromatic carbocycles. The Morgan fingerprint density at radius 1 is 0.636 bits per heavy atom. The summed E-state index contributed by atoms with van der Waals surface area (Å²) in [4.78, 5) is 5.00. The van der Waals surface area contributed by atoms with E-state index in [0.29, 0.717) is 0 Å². The number of rotatable bonds is 4. The molecule has 0 radical (unpaired) electrons. The largest absolute Gasteiger partial charge is 0.277 e. The Morgan fingerprint density at radius 2 is 1.05 bits per heavy atom. The highest BCUT2D eigenvalue weighted by molar-refractivity contribution is 5.98. The molecular weight excluding hydrogens is 266 g/mol. The number of benzene rings is 3. The molecular formula is C21H19N. The number of hydrogen-bond acceptors (Lipinski definition) is 1. The zero-order valence-corrected chi connectivity index (χ0v) is 12.7. The Morgan fingerprint density at radius 3 is 1.50 bits per heavy atom. The highest BCUT2D eigenvalue weighted by Gasteiger charge is 2.12. The van der Waals surface area contributed by atoms with Gasteiger partial charge in [-0.2, -0.15) is 0 Å². The van der Waals surface area contributed by atoms with Crippen LogP contribution in [0.4, 0.5) is 0 Å². The summed E-state index contributed by atoms with van der Waals surface area (Å²) in [6.07, 6.45) is 0. The summed E-state index contributed by atoms with van der Waals surface area (Å²) < 4.78 is 0. The van der Waals surface area contributed by atoms with Crippen molar-refractivity contribution >= 4 is 5.71 Å². The van der Waals surface area contributed by atoms with Crippen LogP contribution < -0.4 is 0 Å². The topological polar surface area (TPSA) is 12.4 Å². The van der Waals surface area contributed by atoms with Crippen molar-refractivity contribution in [1.82, 2.24) is 0 Å². The average Bonchev–Trinajstić information content (AvgIpc) is 2.62. The van der Waals surface area contributed by atoms with Crippen LogP contribution in [0.5, 0.6) is 0 Å². The summed E-state index contributed by atoms with van der Waals surface area (Å²) in [5.41, 5.74) is 4.64. The van der Waals surface area contributed by atoms with Gasteiger partial charge in [-0.1, -0.05) is 91.0 Å². The summed E-state index contributed by atoms with van der Waals surface area (Å²) in [5.74, 6) is 0. The van der Waals surface area contributed by atoms with E-state index in [-0.39, 0.29) is 6.04 Å². The predicted molar refractivity (Wildman–Crippen MR) is 93.4 cm³/mol. The minimum Gasteiger partial charge on any atom is -0.277 e. The Bertz CT molecular complexity index is 691. The second kappa shape index (κ2) is 6.86. The van der Waals surface area contributed by atoms with Crippen LogP contribution in [0.3, 0.4) is 0 Å². The molecule has 22 heavy (non-hydrogen) atoms. The van der Waals surface area contributed by atoms with Gasteiger partial charge in [0.05, 0.1) is 0 Å². The molecule has 0 spiro atoms. The molecule has 1 nitrogen and oxygen atoms in total. The first-order chi connectivity index (χ1) is 10.8. The fourth-order valence-corrected chi connectivity index (χ4v) is 2.56. The Kier molecular flexibility index (Phi) is 4.45. The molecule has 0 fully saturated rings. The van der Waals surface area contributed by atoms with E-state index in [1.807, 2.05) is 30.3 Å². The molecule has 1 heteroatoms. The quantitative estimate of drug-likeness (QED) is 0.578. The molecule has 0 heterocycles. The van der Waals surface area contributed by atoms with Crippen molar-refractivity contribution in [2.24, 2.45) is 4.99 Å². The van der Waals surface area contributed by atoms with Gasteiger partial charge < -0.3 is 0 Å². The van der Waals surface area contributed by atoms with Gasteiger partial charge in [0.25, 0.3) is 0 Å². The van der Waals surface area contributed by atoms with Crippen LogP contribution >= 0.6 is 0 Å². The van der Waals surface area contributed by atoms with Crippen LogP contribution in [0.25, 0.3) is 0 Å². The van der Waals surface area contributed by atoms with E-state index in [2.05, 4.69) is 67.6 Å². The molecule has 3 rings (SSSR count). The van der Waals surface area contributed by atoms with E-state index in [9.17, 15) is 0 Å². The summed E-state index contributed by atoms with van der Waals surface area (Å²) in [6, 6.07) is 31.3. The van der Waals surface area contributed by atoms with E-state index in [1.54, 1.807) is 0 Å². The highest BCUT2D eigenvalue weighted by Crippen LogP contribution is 2.26. The van der Waals surface area contributed by atoms with Gasteiger partial charge in [0.1, 0.15) is 6.04 Å². The van der Waals surface area contributed by atoms with Gasteiger partial charge >= 0.3 is 0 Å². The maximum atomic E-state index is 5.00. The van der Waals surface area contributed by atoms with E-state index in [1.165, 1.54) is 16.7 Å². The van der Waals surface area contributed by atoms with Crippen LogP contribution in [0, 0.1) is 0 Å². The second-order valence-corrected chi connectivity index (χ2v) is 5.30. The third-order valence-corrected chi connectivity index (χ3v) is 3.74. The van der Waals surface area contributed by atoms with Gasteiger partial charge in [0, 0.05) is 5.71 Å². The van der Waals surface area contributed by atoms with Gasteiger partial charge in [-0.25, -0.2) is 0 Å². The molecule has 0 saturated carbocycles. The minimum atomic E-state index is 0.0302. The van der Waals surface area contributed by atoms with Crippen molar-refractivity contribution in [2.75, 3.05) is 0 Å². The van der Waals surface area contributed by atoms with E-state index < -0.39 is 0 Å². The van der Waals surface area contributed by atoms with Crippen molar-refractivity contribution < 1.29 is 0 Å². The van der Waals surface area contributed by atoms with Crippen molar-refractivity contribution in [3.05, 3.63) is 108 Å². The van der Waals surface area contributed by atoms with Crippen LogP contribution in [-0.4, -0.2) is 5.71 Å². The summed E-state index contributed by atoms with van der Waals surface area (Å²) >= 11 is 0. The maximum Gasteiger partial charge on any atom is 0.100 e. The molecule has 0 N–H and O–H groups in total. The molecule has 3 aromatic rings. The molecule has 0 aliphatic rings. The van der Waals surface area contributed by atoms with Gasteiger partial charge in [0.15, 0.2) is 0 Å². The van der Waals surface area contributed by atoms with Crippen molar-refractivity contribution in [2.45, 2.75) is 13.0 Å². The zero-order chi connectivity index (χ0) is 15.2. The molecule has 0 aliphatic heterocycles. The van der Waals surface area contributed by atoms with Gasteiger partial charge in [-0.15, -0.1) is 0 Å². The van der Waals surface area contributed by atoms with Crippen molar-refractivity contribution in [1.29, 1.82) is 0 Å². The summed E-state index contributed by atoms with van der Waals surface area (Å²) in [7, 11) is 0. The van der Waals surface area contributed by atoms with E-state index >= 15 is 0 Å². The molecule has 0 unspecified atom stereocenters. The lowest BCUT2D eigenvalue weighted by Crippen LogP contribution is -2.03. The fourth-order valence-electron chi connectivity index (χ4n) is 2.56. The number of hydrogen-bond donors (Lipinski definition) is 0. The molecule has 0 atom stereocenters. The number of nitrogens with zero attached hydrogens (tertiary/aromatic N) is 1. The monoisotopic (exact) mass is 285 g/mol. The van der Waals surface area contributed by atoms with Crippen LogP contribution in [-0.2, 0) is 0 Å². The lowest BCUT2D eigenvalue weighted by Gasteiger charge is -2.15. The van der Waals surface area contributed by atoms with Gasteiger partial charge in [0.2, 0.25) is 0 Å². The summed E-state index contributed by atoms with van der Waals surface area (Å²) in [6.45, 7) is 2.08. The Labute approximate surface area is 132 Å². The van der Waals surface area contributed by atoms with Crippen LogP contribution in [0.15, 0.2) is 96.0 Å². The highest BCUT2D eigenvalue weighted by atomic mass is 14.8. The molecule has 0 aromatic heterocycles. The first-order valence-electron chi connectivity index (χ1n) is 7.54. The Balaban J connectivity index is 2.03. The standard InChI is InChI=1S/C21H19N/c1-17(18-11-5-2-6-12-18)22-21(19-13-7-3-8-14-19)20-15-9-4-10-16-20/h2-16,21H,1H3. The van der Waals surface area contributed by atoms with Crippen LogP contribution in [0.2, 0.25) is 0 Å². The third-order valence-electron chi connectivity index (χ3n) is 3.74. The molecule has 0 saturated heterocycles. The molecule has 0 aliphatic carbocycles. The van der Waals surface area contributed by atoms with Crippen molar-refractivity contribution in [3.8, 4) is 0 Å². The lowest BCUT2D eigenvalue weighted by atomic mass is 9.99. The third kappa shape index (κ3) is 3.32. The lowest BCUT2D eigenvalue weighted by molar-refractivity contribution is 0.872. The molecule has 0 bridgehead atoms. The van der Waals surface area contributed by atoms with Gasteiger partial charge in [-0.3, -0.25) is 4.99 Å². The molecule has 0 amide bonds. The maximum absolute atomic E-state index is 5.00. The fraction of sp³-hybridized carbons (Fsp3) is 0.0952. The van der Waals surface area contributed by atoms with E-state index in [0.717, 1.165) is 5.71 Å².